The van der Waals surface area contributed by atoms with Crippen molar-refractivity contribution in [2.75, 3.05) is 6.54 Å². The van der Waals surface area contributed by atoms with Gasteiger partial charge in [0.2, 0.25) is 11.3 Å². The minimum atomic E-state index is -2.16. The summed E-state index contributed by atoms with van der Waals surface area (Å²) < 4.78 is 59.8. The standard InChI is InChI=1S/C30H26F2N4O4S/c1-35-19-26(24(15-30(35)37)22-16-33-36(18-22)17-21-5-3-2-4-6-21)25-13-20(11-12-34-41(38)39)7-9-28(25)40-29-10-8-23(31)14-27(29)32/h2-10,13-16,18-19,34H,11-12,17H2,1H3,(H,38,39). The highest BCUT2D eigenvalue weighted by molar-refractivity contribution is 7.77. The molecule has 0 spiro atoms. The van der Waals surface area contributed by atoms with Crippen molar-refractivity contribution in [3.05, 3.63) is 125 Å². The molecule has 0 saturated heterocycles. The van der Waals surface area contributed by atoms with Crippen LogP contribution in [0.2, 0.25) is 0 Å². The third-order valence-corrected chi connectivity index (χ3v) is 6.90. The number of hydrogen-bond acceptors (Lipinski definition) is 4. The topological polar surface area (TPSA) is 98.4 Å². The first kappa shape index (κ1) is 28.1. The Balaban J connectivity index is 1.60. The summed E-state index contributed by atoms with van der Waals surface area (Å²) in [6.07, 6.45) is 5.59. The summed E-state index contributed by atoms with van der Waals surface area (Å²) in [5.74, 6) is -1.49. The first-order valence-electron chi connectivity index (χ1n) is 12.6. The largest absolute Gasteiger partial charge is 0.454 e. The molecule has 2 aromatic heterocycles. The van der Waals surface area contributed by atoms with E-state index in [1.54, 1.807) is 36.3 Å². The maximum absolute atomic E-state index is 14.6. The number of benzene rings is 3. The fraction of sp³-hybridized carbons (Fsp3) is 0.133. The molecule has 11 heteroatoms. The zero-order valence-corrected chi connectivity index (χ0v) is 22.8. The van der Waals surface area contributed by atoms with Crippen LogP contribution in [-0.2, 0) is 31.3 Å². The number of nitrogens with one attached hydrogen (secondary N) is 1. The Bertz CT molecular complexity index is 1770. The predicted molar refractivity (Wildman–Crippen MR) is 153 cm³/mol. The molecular weight excluding hydrogens is 550 g/mol. The molecule has 1 atom stereocenters. The highest BCUT2D eigenvalue weighted by Gasteiger charge is 2.18. The van der Waals surface area contributed by atoms with Crippen molar-refractivity contribution < 1.29 is 22.3 Å². The van der Waals surface area contributed by atoms with Crippen LogP contribution >= 0.6 is 0 Å². The van der Waals surface area contributed by atoms with Crippen LogP contribution in [0, 0.1) is 11.6 Å². The summed E-state index contributed by atoms with van der Waals surface area (Å²) in [5.41, 5.74) is 4.05. The van der Waals surface area contributed by atoms with Crippen molar-refractivity contribution in [2.45, 2.75) is 13.0 Å². The van der Waals surface area contributed by atoms with E-state index in [1.807, 2.05) is 42.6 Å². The second-order valence-electron chi connectivity index (χ2n) is 9.36. The van der Waals surface area contributed by atoms with E-state index in [2.05, 4.69) is 9.82 Å². The Morgan fingerprint density at radius 3 is 2.46 bits per heavy atom. The number of aromatic nitrogens is 3. The predicted octanol–water partition coefficient (Wildman–Crippen LogP) is 5.30. The number of aryl methyl sites for hydroxylation is 1. The summed E-state index contributed by atoms with van der Waals surface area (Å²) in [6, 6.07) is 19.6. The lowest BCUT2D eigenvalue weighted by atomic mass is 9.95. The molecular formula is C30H26F2N4O4S. The summed E-state index contributed by atoms with van der Waals surface area (Å²) >= 11 is -2.16. The zero-order chi connectivity index (χ0) is 28.9. The number of ether oxygens (including phenoxy) is 1. The Morgan fingerprint density at radius 2 is 1.71 bits per heavy atom. The van der Waals surface area contributed by atoms with E-state index in [1.165, 1.54) is 16.7 Å². The normalized spacial score (nSPS) is 11.9. The first-order chi connectivity index (χ1) is 19.8. The van der Waals surface area contributed by atoms with E-state index in [0.29, 0.717) is 35.2 Å². The van der Waals surface area contributed by atoms with E-state index in [4.69, 9.17) is 9.29 Å². The van der Waals surface area contributed by atoms with E-state index >= 15 is 0 Å². The lowest BCUT2D eigenvalue weighted by Gasteiger charge is -2.17. The quantitative estimate of drug-likeness (QED) is 0.220. The van der Waals surface area contributed by atoms with E-state index in [-0.39, 0.29) is 23.6 Å². The van der Waals surface area contributed by atoms with E-state index < -0.39 is 22.9 Å². The molecule has 0 aliphatic carbocycles. The maximum Gasteiger partial charge on any atom is 0.250 e. The molecule has 210 valence electrons. The average molecular weight is 577 g/mol. The molecule has 8 nitrogen and oxygen atoms in total. The molecule has 0 amide bonds. The average Bonchev–Trinajstić information content (AvgIpc) is 3.41. The van der Waals surface area contributed by atoms with Gasteiger partial charge in [0.25, 0.3) is 5.56 Å². The van der Waals surface area contributed by atoms with Gasteiger partial charge in [-0.1, -0.05) is 36.4 Å². The van der Waals surface area contributed by atoms with Crippen LogP contribution in [0.5, 0.6) is 11.5 Å². The summed E-state index contributed by atoms with van der Waals surface area (Å²) in [7, 11) is 1.62. The molecule has 0 aliphatic rings. The summed E-state index contributed by atoms with van der Waals surface area (Å²) in [5, 5.41) is 4.49. The molecule has 5 rings (SSSR count). The van der Waals surface area contributed by atoms with Crippen LogP contribution in [0.15, 0.2) is 96.2 Å². The third-order valence-electron chi connectivity index (χ3n) is 6.45. The van der Waals surface area contributed by atoms with Crippen LogP contribution in [0.3, 0.4) is 0 Å². The van der Waals surface area contributed by atoms with Gasteiger partial charge in [-0.2, -0.15) is 5.10 Å². The van der Waals surface area contributed by atoms with Crippen molar-refractivity contribution in [1.82, 2.24) is 19.1 Å². The van der Waals surface area contributed by atoms with Crippen LogP contribution in [0.25, 0.3) is 22.3 Å². The molecule has 2 heterocycles. The maximum atomic E-state index is 14.6. The second-order valence-corrected chi connectivity index (χ2v) is 10.1. The smallest absolute Gasteiger partial charge is 0.250 e. The van der Waals surface area contributed by atoms with Gasteiger partial charge < -0.3 is 9.30 Å². The van der Waals surface area contributed by atoms with Gasteiger partial charge in [-0.15, -0.1) is 0 Å². The number of hydrogen-bond donors (Lipinski definition) is 2. The molecule has 3 aromatic carbocycles. The SMILES string of the molecule is Cn1cc(-c2cc(CCNS(=O)O)ccc2Oc2ccc(F)cc2F)c(-c2cnn(Cc3ccccc3)c2)cc1=O. The Kier molecular flexibility index (Phi) is 8.48. The zero-order valence-electron chi connectivity index (χ0n) is 22.0. The van der Waals surface area contributed by atoms with Crippen molar-refractivity contribution in [2.24, 2.45) is 7.05 Å². The van der Waals surface area contributed by atoms with Gasteiger partial charge in [0.05, 0.1) is 12.7 Å². The van der Waals surface area contributed by atoms with Gasteiger partial charge in [0, 0.05) is 54.8 Å². The fourth-order valence-electron chi connectivity index (χ4n) is 4.43. The minimum absolute atomic E-state index is 0.167. The molecule has 0 fully saturated rings. The minimum Gasteiger partial charge on any atom is -0.454 e. The van der Waals surface area contributed by atoms with E-state index in [9.17, 15) is 17.8 Å². The summed E-state index contributed by atoms with van der Waals surface area (Å²) in [6.45, 7) is 0.760. The monoisotopic (exact) mass is 576 g/mol. The molecule has 41 heavy (non-hydrogen) atoms. The number of halogens is 2. The van der Waals surface area contributed by atoms with Crippen LogP contribution in [0.4, 0.5) is 8.78 Å². The highest BCUT2D eigenvalue weighted by atomic mass is 32.2. The molecule has 0 bridgehead atoms. The van der Waals surface area contributed by atoms with Gasteiger partial charge in [-0.25, -0.2) is 17.7 Å². The second kappa shape index (κ2) is 12.4. The number of rotatable bonds is 10. The van der Waals surface area contributed by atoms with Gasteiger partial charge >= 0.3 is 0 Å². The molecule has 0 aliphatic heterocycles. The van der Waals surface area contributed by atoms with Crippen molar-refractivity contribution in [3.8, 4) is 33.8 Å². The molecule has 0 radical (unpaired) electrons. The summed E-state index contributed by atoms with van der Waals surface area (Å²) in [4.78, 5) is 12.8. The van der Waals surface area contributed by atoms with E-state index in [0.717, 1.165) is 23.3 Å². The van der Waals surface area contributed by atoms with Crippen LogP contribution < -0.4 is 15.0 Å². The number of nitrogens with zero attached hydrogens (tertiary/aromatic N) is 3. The Morgan fingerprint density at radius 1 is 0.927 bits per heavy atom. The lowest BCUT2D eigenvalue weighted by Crippen LogP contribution is -2.19. The van der Waals surface area contributed by atoms with Gasteiger partial charge in [0.1, 0.15) is 11.6 Å². The fourth-order valence-corrected chi connectivity index (χ4v) is 4.71. The molecule has 2 N–H and O–H groups in total. The van der Waals surface area contributed by atoms with Crippen molar-refractivity contribution in [1.29, 1.82) is 0 Å². The van der Waals surface area contributed by atoms with Crippen molar-refractivity contribution >= 4 is 11.3 Å². The number of pyridine rings is 1. The van der Waals surface area contributed by atoms with Crippen LogP contribution in [0.1, 0.15) is 11.1 Å². The van der Waals surface area contributed by atoms with Crippen molar-refractivity contribution in [3.63, 3.8) is 0 Å². The Labute approximate surface area is 237 Å². The van der Waals surface area contributed by atoms with Gasteiger partial charge in [-0.05, 0) is 47.4 Å². The van der Waals surface area contributed by atoms with Crippen LogP contribution in [-0.4, -0.2) is 29.7 Å². The molecule has 5 aromatic rings. The Hall–Kier alpha value is -4.45. The highest BCUT2D eigenvalue weighted by Crippen LogP contribution is 2.39. The third kappa shape index (κ3) is 6.83. The molecule has 0 saturated carbocycles. The van der Waals surface area contributed by atoms with Gasteiger partial charge in [0.15, 0.2) is 11.6 Å². The first-order valence-corrected chi connectivity index (χ1v) is 13.8. The van der Waals surface area contributed by atoms with Gasteiger partial charge in [-0.3, -0.25) is 14.0 Å². The lowest BCUT2D eigenvalue weighted by molar-refractivity contribution is 0.439. The molecule has 1 unspecified atom stereocenters.